The summed E-state index contributed by atoms with van der Waals surface area (Å²) in [4.78, 5) is 32.8. The molecule has 0 atom stereocenters. The van der Waals surface area contributed by atoms with Gasteiger partial charge in [0.25, 0.3) is 0 Å². The van der Waals surface area contributed by atoms with Gasteiger partial charge in [-0.3, -0.25) is 14.6 Å². The molecule has 5 rings (SSSR count). The van der Waals surface area contributed by atoms with Gasteiger partial charge in [-0.25, -0.2) is 0 Å². The van der Waals surface area contributed by atoms with Gasteiger partial charge in [0, 0.05) is 28.9 Å². The van der Waals surface area contributed by atoms with Gasteiger partial charge < -0.3 is 9.72 Å². The first-order chi connectivity index (χ1) is 13.2. The van der Waals surface area contributed by atoms with Crippen LogP contribution >= 0.6 is 0 Å². The van der Waals surface area contributed by atoms with Gasteiger partial charge in [-0.05, 0) is 29.8 Å². The van der Waals surface area contributed by atoms with Crippen LogP contribution in [0.1, 0.15) is 37.5 Å². The summed E-state index contributed by atoms with van der Waals surface area (Å²) >= 11 is 0. The lowest BCUT2D eigenvalue weighted by Crippen LogP contribution is -2.20. The highest BCUT2D eigenvalue weighted by molar-refractivity contribution is 6.31. The van der Waals surface area contributed by atoms with Crippen molar-refractivity contribution in [1.29, 1.82) is 0 Å². The highest BCUT2D eigenvalue weighted by atomic mass is 16.5. The van der Waals surface area contributed by atoms with Gasteiger partial charge in [0.15, 0.2) is 5.78 Å². The molecule has 5 nitrogen and oxygen atoms in total. The molecule has 27 heavy (non-hydrogen) atoms. The number of ketones is 2. The molecule has 2 aromatic carbocycles. The number of hydrogen-bond donors (Lipinski definition) is 1. The monoisotopic (exact) mass is 354 g/mol. The number of aromatic amines is 1. The van der Waals surface area contributed by atoms with Gasteiger partial charge in [0.2, 0.25) is 5.78 Å². The molecule has 0 saturated carbocycles. The number of nitrogens with zero attached hydrogens (tertiary/aromatic N) is 1. The summed E-state index contributed by atoms with van der Waals surface area (Å²) < 4.78 is 5.87. The minimum Gasteiger partial charge on any atom is -0.489 e. The molecule has 5 heteroatoms. The topological polar surface area (TPSA) is 72.0 Å². The molecule has 1 aliphatic carbocycles. The predicted octanol–water partition coefficient (Wildman–Crippen LogP) is 3.92. The second-order valence-corrected chi connectivity index (χ2v) is 6.44. The van der Waals surface area contributed by atoms with E-state index in [2.05, 4.69) is 9.97 Å². The third-order valence-electron chi connectivity index (χ3n) is 4.78. The highest BCUT2D eigenvalue weighted by Gasteiger charge is 2.33. The van der Waals surface area contributed by atoms with E-state index in [1.165, 1.54) is 12.4 Å². The molecule has 0 radical (unpaired) electrons. The van der Waals surface area contributed by atoms with Crippen molar-refractivity contribution in [3.05, 3.63) is 94.9 Å². The molecule has 2 heterocycles. The van der Waals surface area contributed by atoms with Gasteiger partial charge in [-0.1, -0.05) is 30.3 Å². The van der Waals surface area contributed by atoms with E-state index in [9.17, 15) is 9.59 Å². The first-order valence-corrected chi connectivity index (χ1v) is 8.58. The van der Waals surface area contributed by atoms with E-state index < -0.39 is 0 Å². The largest absolute Gasteiger partial charge is 0.489 e. The maximum absolute atomic E-state index is 13.0. The van der Waals surface area contributed by atoms with Crippen LogP contribution in [0.3, 0.4) is 0 Å². The zero-order valence-electron chi connectivity index (χ0n) is 14.2. The van der Waals surface area contributed by atoms with Crippen molar-refractivity contribution in [1.82, 2.24) is 9.97 Å². The summed E-state index contributed by atoms with van der Waals surface area (Å²) in [7, 11) is 0. The van der Waals surface area contributed by atoms with E-state index in [1.807, 2.05) is 42.5 Å². The second-order valence-electron chi connectivity index (χ2n) is 6.44. The molecule has 0 fully saturated rings. The summed E-state index contributed by atoms with van der Waals surface area (Å²) in [5.41, 5.74) is 3.23. The summed E-state index contributed by atoms with van der Waals surface area (Å²) in [5.74, 6) is 0.259. The van der Waals surface area contributed by atoms with Crippen molar-refractivity contribution < 1.29 is 14.3 Å². The molecule has 1 aliphatic rings. The number of H-pyrrole nitrogens is 1. The third-order valence-corrected chi connectivity index (χ3v) is 4.78. The Morgan fingerprint density at radius 2 is 1.78 bits per heavy atom. The lowest BCUT2D eigenvalue weighted by molar-refractivity contribution is 0.0977. The second kappa shape index (κ2) is 5.92. The van der Waals surface area contributed by atoms with Gasteiger partial charge in [-0.15, -0.1) is 0 Å². The normalized spacial score (nSPS) is 12.7. The Balaban J connectivity index is 1.57. The zero-order valence-corrected chi connectivity index (χ0v) is 14.2. The fraction of sp³-hybridized carbons (Fsp3) is 0.0455. The lowest BCUT2D eigenvalue weighted by Gasteiger charge is -2.13. The minimum atomic E-state index is -0.195. The van der Waals surface area contributed by atoms with Crippen LogP contribution in [0.4, 0.5) is 0 Å². The zero-order chi connectivity index (χ0) is 18.4. The van der Waals surface area contributed by atoms with Crippen molar-refractivity contribution in [2.24, 2.45) is 0 Å². The van der Waals surface area contributed by atoms with Gasteiger partial charge in [-0.2, -0.15) is 0 Å². The third kappa shape index (κ3) is 2.44. The molecular formula is C22H14N2O3. The predicted molar refractivity (Wildman–Crippen MR) is 100 cm³/mol. The number of rotatable bonds is 3. The molecule has 4 aromatic rings. The number of benzene rings is 2. The average Bonchev–Trinajstić information content (AvgIpc) is 3.10. The van der Waals surface area contributed by atoms with Crippen molar-refractivity contribution in [2.45, 2.75) is 6.61 Å². The average molecular weight is 354 g/mol. The fourth-order valence-corrected chi connectivity index (χ4v) is 3.45. The van der Waals surface area contributed by atoms with Crippen LogP contribution in [-0.4, -0.2) is 21.5 Å². The van der Waals surface area contributed by atoms with Crippen LogP contribution in [0.2, 0.25) is 0 Å². The number of hydrogen-bond acceptors (Lipinski definition) is 4. The highest BCUT2D eigenvalue weighted by Crippen LogP contribution is 2.34. The molecule has 130 valence electrons. The summed E-state index contributed by atoms with van der Waals surface area (Å²) in [5, 5.41) is 0.684. The van der Waals surface area contributed by atoms with Crippen LogP contribution in [0.5, 0.6) is 5.75 Å². The van der Waals surface area contributed by atoms with Crippen LogP contribution in [-0.2, 0) is 6.61 Å². The fourth-order valence-electron chi connectivity index (χ4n) is 3.45. The smallest absolute Gasteiger partial charge is 0.210 e. The van der Waals surface area contributed by atoms with Crippen molar-refractivity contribution in [3.8, 4) is 5.75 Å². The number of aromatic nitrogens is 2. The molecule has 0 bridgehead atoms. The lowest BCUT2D eigenvalue weighted by atomic mass is 9.88. The molecular weight excluding hydrogens is 340 g/mol. The Hall–Kier alpha value is -3.73. The number of fused-ring (bicyclic) bond motifs is 4. The SMILES string of the molecule is O=C1c2ccncc2C(=O)c2c1[nH]c1ccc(OCc3ccccc3)cc21. The van der Waals surface area contributed by atoms with Crippen LogP contribution in [0.15, 0.2) is 67.0 Å². The van der Waals surface area contributed by atoms with Crippen molar-refractivity contribution in [3.63, 3.8) is 0 Å². The Labute approximate surface area is 154 Å². The number of carbonyl (C=O) groups is 2. The van der Waals surface area contributed by atoms with Crippen LogP contribution < -0.4 is 4.74 Å². The van der Waals surface area contributed by atoms with Crippen molar-refractivity contribution >= 4 is 22.5 Å². The number of ether oxygens (including phenoxy) is 1. The molecule has 0 unspecified atom stereocenters. The van der Waals surface area contributed by atoms with Crippen LogP contribution in [0.25, 0.3) is 10.9 Å². The quantitative estimate of drug-likeness (QED) is 0.533. The van der Waals surface area contributed by atoms with Gasteiger partial charge >= 0.3 is 0 Å². The van der Waals surface area contributed by atoms with Gasteiger partial charge in [0.1, 0.15) is 12.4 Å². The maximum atomic E-state index is 13.0. The Kier molecular flexibility index (Phi) is 3.40. The van der Waals surface area contributed by atoms with Crippen LogP contribution in [0, 0.1) is 0 Å². The summed E-state index contributed by atoms with van der Waals surface area (Å²) in [6, 6.07) is 16.9. The molecule has 0 saturated heterocycles. The van der Waals surface area contributed by atoms with E-state index in [0.29, 0.717) is 40.1 Å². The van der Waals surface area contributed by atoms with Gasteiger partial charge in [0.05, 0.1) is 16.8 Å². The minimum absolute atomic E-state index is 0.190. The summed E-state index contributed by atoms with van der Waals surface area (Å²) in [6.45, 7) is 0.429. The van der Waals surface area contributed by atoms with E-state index in [1.54, 1.807) is 12.1 Å². The van der Waals surface area contributed by atoms with E-state index >= 15 is 0 Å². The molecule has 0 amide bonds. The summed E-state index contributed by atoms with van der Waals surface area (Å²) in [6.07, 6.45) is 2.97. The Morgan fingerprint density at radius 1 is 0.926 bits per heavy atom. The van der Waals surface area contributed by atoms with E-state index in [4.69, 9.17) is 4.74 Å². The maximum Gasteiger partial charge on any atom is 0.210 e. The Bertz CT molecular complexity index is 1210. The molecule has 0 spiro atoms. The Morgan fingerprint density at radius 3 is 2.63 bits per heavy atom. The number of carbonyl (C=O) groups excluding carboxylic acids is 2. The number of pyridine rings is 1. The van der Waals surface area contributed by atoms with E-state index in [-0.39, 0.29) is 11.6 Å². The standard InChI is InChI=1S/C22H14N2O3/c25-21-17-11-23-9-8-15(17)22(26)20-19(21)16-10-14(6-7-18(16)24-20)27-12-13-4-2-1-3-5-13/h1-11,24H,12H2. The van der Waals surface area contributed by atoms with Crippen molar-refractivity contribution in [2.75, 3.05) is 0 Å². The molecule has 0 aliphatic heterocycles. The molecule has 1 N–H and O–H groups in total. The van der Waals surface area contributed by atoms with E-state index in [0.717, 1.165) is 11.1 Å². The first-order valence-electron chi connectivity index (χ1n) is 8.58. The molecule has 2 aromatic heterocycles. The number of nitrogens with one attached hydrogen (secondary N) is 1. The first kappa shape index (κ1) is 15.5.